The predicted octanol–water partition coefficient (Wildman–Crippen LogP) is 2.74. The molecule has 0 aromatic carbocycles. The van der Waals surface area contributed by atoms with E-state index in [1.807, 2.05) is 13.8 Å². The molecule has 0 aliphatic heterocycles. The minimum Gasteiger partial charge on any atom is -0.480 e. The second-order valence-corrected chi connectivity index (χ2v) is 5.72. The minimum atomic E-state index is -0.994. The number of amides is 1. The van der Waals surface area contributed by atoms with Gasteiger partial charge in [-0.05, 0) is 40.0 Å². The SMILES string of the molecule is CCOC(=O)N([C@@H](CC(C)C)C(=O)O)C(C)(C)C. The molecule has 1 atom stereocenters. The van der Waals surface area contributed by atoms with Crippen molar-refractivity contribution in [1.29, 1.82) is 0 Å². The minimum absolute atomic E-state index is 0.186. The summed E-state index contributed by atoms with van der Waals surface area (Å²) in [5.74, 6) is -0.808. The molecule has 0 spiro atoms. The van der Waals surface area contributed by atoms with Crippen LogP contribution in [0.4, 0.5) is 4.79 Å². The Morgan fingerprint density at radius 1 is 1.28 bits per heavy atom. The molecule has 0 saturated heterocycles. The molecule has 1 N–H and O–H groups in total. The highest BCUT2D eigenvalue weighted by Gasteiger charge is 2.38. The van der Waals surface area contributed by atoms with Gasteiger partial charge in [-0.2, -0.15) is 0 Å². The molecule has 0 aliphatic rings. The van der Waals surface area contributed by atoms with E-state index in [0.29, 0.717) is 6.42 Å². The van der Waals surface area contributed by atoms with Gasteiger partial charge in [0.1, 0.15) is 6.04 Å². The maximum Gasteiger partial charge on any atom is 0.410 e. The lowest BCUT2D eigenvalue weighted by Crippen LogP contribution is -2.55. The third-order valence-electron chi connectivity index (χ3n) is 2.48. The van der Waals surface area contributed by atoms with E-state index >= 15 is 0 Å². The Morgan fingerprint density at radius 3 is 2.06 bits per heavy atom. The van der Waals surface area contributed by atoms with E-state index in [0.717, 1.165) is 0 Å². The first-order valence-electron chi connectivity index (χ1n) is 6.30. The smallest absolute Gasteiger partial charge is 0.410 e. The zero-order chi connectivity index (χ0) is 14.5. The number of carboxylic acid groups (broad SMARTS) is 1. The van der Waals surface area contributed by atoms with Crippen molar-refractivity contribution in [3.8, 4) is 0 Å². The van der Waals surface area contributed by atoms with Crippen LogP contribution >= 0.6 is 0 Å². The predicted molar refractivity (Wildman–Crippen MR) is 69.5 cm³/mol. The molecule has 0 rings (SSSR count). The Bertz CT molecular complexity index is 294. The summed E-state index contributed by atoms with van der Waals surface area (Å²) >= 11 is 0. The number of hydrogen-bond donors (Lipinski definition) is 1. The van der Waals surface area contributed by atoms with Gasteiger partial charge in [0.25, 0.3) is 0 Å². The molecule has 0 aromatic rings. The highest BCUT2D eigenvalue weighted by Crippen LogP contribution is 2.23. The fourth-order valence-electron chi connectivity index (χ4n) is 1.82. The summed E-state index contributed by atoms with van der Waals surface area (Å²) in [6.45, 7) is 11.2. The van der Waals surface area contributed by atoms with Crippen LogP contribution in [0.3, 0.4) is 0 Å². The van der Waals surface area contributed by atoms with E-state index in [2.05, 4.69) is 0 Å². The fraction of sp³-hybridized carbons (Fsp3) is 0.846. The normalized spacial score (nSPS) is 13.3. The maximum absolute atomic E-state index is 12.0. The molecule has 0 heterocycles. The first kappa shape index (κ1) is 16.7. The first-order valence-corrected chi connectivity index (χ1v) is 6.30. The molecule has 0 aromatic heterocycles. The van der Waals surface area contributed by atoms with E-state index in [4.69, 9.17) is 4.74 Å². The molecule has 0 aliphatic carbocycles. The van der Waals surface area contributed by atoms with E-state index in [9.17, 15) is 14.7 Å². The summed E-state index contributed by atoms with van der Waals surface area (Å²) in [6, 6.07) is -0.857. The topological polar surface area (TPSA) is 66.8 Å². The van der Waals surface area contributed by atoms with Gasteiger partial charge >= 0.3 is 12.1 Å². The van der Waals surface area contributed by atoms with Gasteiger partial charge in [0, 0.05) is 5.54 Å². The summed E-state index contributed by atoms with van der Waals surface area (Å²) in [5, 5.41) is 9.32. The quantitative estimate of drug-likeness (QED) is 0.824. The zero-order valence-corrected chi connectivity index (χ0v) is 12.2. The zero-order valence-electron chi connectivity index (χ0n) is 12.2. The van der Waals surface area contributed by atoms with E-state index in [1.54, 1.807) is 27.7 Å². The number of nitrogens with zero attached hydrogens (tertiary/aromatic N) is 1. The van der Waals surface area contributed by atoms with E-state index in [-0.39, 0.29) is 12.5 Å². The Hall–Kier alpha value is -1.26. The molecule has 0 fully saturated rings. The van der Waals surface area contributed by atoms with Gasteiger partial charge in [-0.15, -0.1) is 0 Å². The van der Waals surface area contributed by atoms with Crippen molar-refractivity contribution in [3.05, 3.63) is 0 Å². The lowest BCUT2D eigenvalue weighted by atomic mass is 9.97. The number of carbonyl (C=O) groups excluding carboxylic acids is 1. The lowest BCUT2D eigenvalue weighted by Gasteiger charge is -2.39. The molecule has 5 nitrogen and oxygen atoms in total. The van der Waals surface area contributed by atoms with Crippen molar-refractivity contribution in [1.82, 2.24) is 4.90 Å². The van der Waals surface area contributed by atoms with Crippen molar-refractivity contribution in [2.24, 2.45) is 5.92 Å². The van der Waals surface area contributed by atoms with E-state index < -0.39 is 23.6 Å². The van der Waals surface area contributed by atoms with Crippen LogP contribution in [0, 0.1) is 5.92 Å². The second kappa shape index (κ2) is 6.61. The van der Waals surface area contributed by atoms with Gasteiger partial charge in [0.15, 0.2) is 0 Å². The summed E-state index contributed by atoms with van der Waals surface area (Å²) in [6.07, 6.45) is -0.163. The van der Waals surface area contributed by atoms with Gasteiger partial charge in [-0.25, -0.2) is 9.59 Å². The maximum atomic E-state index is 12.0. The van der Waals surface area contributed by atoms with Crippen LogP contribution < -0.4 is 0 Å². The van der Waals surface area contributed by atoms with Crippen LogP contribution in [-0.4, -0.2) is 40.3 Å². The van der Waals surface area contributed by atoms with Gasteiger partial charge in [0.2, 0.25) is 0 Å². The highest BCUT2D eigenvalue weighted by molar-refractivity contribution is 5.80. The molecule has 0 bridgehead atoms. The van der Waals surface area contributed by atoms with Crippen LogP contribution in [0.25, 0.3) is 0 Å². The monoisotopic (exact) mass is 259 g/mol. The first-order chi connectivity index (χ1) is 8.11. The third kappa shape index (κ3) is 4.94. The van der Waals surface area contributed by atoms with Crippen LogP contribution in [0.5, 0.6) is 0 Å². The standard InChI is InChI=1S/C13H25NO4/c1-7-18-12(17)14(13(4,5)6)10(11(15)16)8-9(2)3/h9-10H,7-8H2,1-6H3,(H,15,16)/t10-/m0/s1. The van der Waals surface area contributed by atoms with Crippen LogP contribution in [0.15, 0.2) is 0 Å². The van der Waals surface area contributed by atoms with Crippen molar-refractivity contribution in [2.45, 2.75) is 59.5 Å². The van der Waals surface area contributed by atoms with Crippen molar-refractivity contribution in [3.63, 3.8) is 0 Å². The Balaban J connectivity index is 5.24. The molecule has 18 heavy (non-hydrogen) atoms. The second-order valence-electron chi connectivity index (χ2n) is 5.72. The van der Waals surface area contributed by atoms with Crippen molar-refractivity contribution in [2.75, 3.05) is 6.61 Å². The number of rotatable bonds is 5. The number of aliphatic carboxylic acids is 1. The Morgan fingerprint density at radius 2 is 1.78 bits per heavy atom. The number of carboxylic acids is 1. The molecule has 0 unspecified atom stereocenters. The Labute approximate surface area is 109 Å². The van der Waals surface area contributed by atoms with Gasteiger partial charge in [-0.1, -0.05) is 13.8 Å². The van der Waals surface area contributed by atoms with Gasteiger partial charge in [0.05, 0.1) is 6.61 Å². The molecule has 1 amide bonds. The van der Waals surface area contributed by atoms with Crippen molar-refractivity contribution >= 4 is 12.1 Å². The molecular weight excluding hydrogens is 234 g/mol. The molecule has 0 radical (unpaired) electrons. The number of ether oxygens (including phenoxy) is 1. The average molecular weight is 259 g/mol. The largest absolute Gasteiger partial charge is 0.480 e. The highest BCUT2D eigenvalue weighted by atomic mass is 16.6. The number of hydrogen-bond acceptors (Lipinski definition) is 3. The summed E-state index contributed by atoms with van der Waals surface area (Å²) < 4.78 is 4.97. The fourth-order valence-corrected chi connectivity index (χ4v) is 1.82. The van der Waals surface area contributed by atoms with Crippen LogP contribution in [-0.2, 0) is 9.53 Å². The average Bonchev–Trinajstić information content (AvgIpc) is 2.13. The van der Waals surface area contributed by atoms with Gasteiger partial charge < -0.3 is 9.84 Å². The Kier molecular flexibility index (Phi) is 6.15. The van der Waals surface area contributed by atoms with Crippen molar-refractivity contribution < 1.29 is 19.4 Å². The third-order valence-corrected chi connectivity index (χ3v) is 2.48. The summed E-state index contributed by atoms with van der Waals surface area (Å²) in [7, 11) is 0. The molecule has 106 valence electrons. The van der Waals surface area contributed by atoms with E-state index in [1.165, 1.54) is 4.90 Å². The molecular formula is C13H25NO4. The van der Waals surface area contributed by atoms with Gasteiger partial charge in [-0.3, -0.25) is 4.90 Å². The van der Waals surface area contributed by atoms with Crippen LogP contribution in [0.1, 0.15) is 48.0 Å². The van der Waals surface area contributed by atoms with Crippen LogP contribution in [0.2, 0.25) is 0 Å². The molecule has 5 heteroatoms. The molecule has 0 saturated carbocycles. The lowest BCUT2D eigenvalue weighted by molar-refractivity contribution is -0.145. The summed E-state index contributed by atoms with van der Waals surface area (Å²) in [4.78, 5) is 24.7. The summed E-state index contributed by atoms with van der Waals surface area (Å²) in [5.41, 5.74) is -0.593. The number of carbonyl (C=O) groups is 2.